The second kappa shape index (κ2) is 5.39. The fraction of sp³-hybridized carbons (Fsp3) is 0.600. The first-order valence-corrected chi connectivity index (χ1v) is 6.72. The van der Waals surface area contributed by atoms with E-state index in [0.717, 1.165) is 26.2 Å². The molecule has 1 unspecified atom stereocenters. The van der Waals surface area contributed by atoms with Crippen molar-refractivity contribution in [1.82, 2.24) is 9.80 Å². The van der Waals surface area contributed by atoms with Crippen molar-refractivity contribution in [2.24, 2.45) is 5.73 Å². The normalized spacial score (nSPS) is 23.2. The van der Waals surface area contributed by atoms with E-state index in [-0.39, 0.29) is 5.54 Å². The maximum atomic E-state index is 6.35. The molecule has 1 heterocycles. The van der Waals surface area contributed by atoms with Crippen LogP contribution in [0.3, 0.4) is 0 Å². The maximum Gasteiger partial charge on any atom is 0.0401 e. The lowest BCUT2D eigenvalue weighted by Crippen LogP contribution is -2.63. The summed E-state index contributed by atoms with van der Waals surface area (Å²) in [5, 5.41) is 0. The fourth-order valence-electron chi connectivity index (χ4n) is 2.67. The number of nitrogens with zero attached hydrogens (tertiary/aromatic N) is 2. The molecule has 0 aromatic heterocycles. The van der Waals surface area contributed by atoms with Gasteiger partial charge in [-0.15, -0.1) is 0 Å². The first kappa shape index (κ1) is 13.5. The lowest BCUT2D eigenvalue weighted by molar-refractivity contribution is 0.0458. The quantitative estimate of drug-likeness (QED) is 0.879. The summed E-state index contributed by atoms with van der Waals surface area (Å²) >= 11 is 0. The molecule has 1 saturated heterocycles. The highest BCUT2D eigenvalue weighted by Crippen LogP contribution is 2.20. The standard InChI is InChI=1S/C15H25N3/c1-15(2,16)14-12-17(3)9-10-18(14)11-13-7-5-4-6-8-13/h4-8,14H,9-12,16H2,1-3H3. The molecule has 2 rings (SSSR count). The van der Waals surface area contributed by atoms with Gasteiger partial charge in [0.15, 0.2) is 0 Å². The van der Waals surface area contributed by atoms with Gasteiger partial charge >= 0.3 is 0 Å². The van der Waals surface area contributed by atoms with Gasteiger partial charge < -0.3 is 10.6 Å². The van der Waals surface area contributed by atoms with E-state index in [4.69, 9.17) is 5.73 Å². The number of likely N-dealkylation sites (N-methyl/N-ethyl adjacent to an activating group) is 1. The molecule has 1 atom stereocenters. The number of rotatable bonds is 3. The van der Waals surface area contributed by atoms with E-state index in [1.807, 2.05) is 0 Å². The highest BCUT2D eigenvalue weighted by Gasteiger charge is 2.34. The summed E-state index contributed by atoms with van der Waals surface area (Å²) in [6.07, 6.45) is 0. The molecule has 0 amide bonds. The molecule has 1 aliphatic heterocycles. The summed E-state index contributed by atoms with van der Waals surface area (Å²) < 4.78 is 0. The Bertz CT molecular complexity index is 369. The first-order chi connectivity index (χ1) is 8.47. The van der Waals surface area contributed by atoms with Gasteiger partial charge in [-0.25, -0.2) is 0 Å². The zero-order valence-corrected chi connectivity index (χ0v) is 11.8. The third-order valence-corrected chi connectivity index (χ3v) is 3.78. The van der Waals surface area contributed by atoms with Gasteiger partial charge in [-0.05, 0) is 26.5 Å². The second-order valence-electron chi connectivity index (χ2n) is 6.06. The topological polar surface area (TPSA) is 32.5 Å². The van der Waals surface area contributed by atoms with Crippen molar-refractivity contribution in [1.29, 1.82) is 0 Å². The lowest BCUT2D eigenvalue weighted by atomic mass is 9.92. The molecular weight excluding hydrogens is 222 g/mol. The van der Waals surface area contributed by atoms with Gasteiger partial charge in [-0.3, -0.25) is 4.90 Å². The van der Waals surface area contributed by atoms with Crippen molar-refractivity contribution >= 4 is 0 Å². The van der Waals surface area contributed by atoms with Crippen LogP contribution in [0, 0.1) is 0 Å². The number of benzene rings is 1. The highest BCUT2D eigenvalue weighted by atomic mass is 15.3. The van der Waals surface area contributed by atoms with Crippen LogP contribution in [0.1, 0.15) is 19.4 Å². The van der Waals surface area contributed by atoms with Crippen molar-refractivity contribution in [2.75, 3.05) is 26.7 Å². The molecule has 0 spiro atoms. The zero-order valence-electron chi connectivity index (χ0n) is 11.8. The van der Waals surface area contributed by atoms with Gasteiger partial charge in [0.2, 0.25) is 0 Å². The summed E-state index contributed by atoms with van der Waals surface area (Å²) in [6, 6.07) is 11.1. The molecule has 0 radical (unpaired) electrons. The number of hydrogen-bond donors (Lipinski definition) is 1. The van der Waals surface area contributed by atoms with Crippen molar-refractivity contribution in [2.45, 2.75) is 32.0 Å². The molecule has 1 aromatic rings. The molecule has 0 bridgehead atoms. The van der Waals surface area contributed by atoms with E-state index >= 15 is 0 Å². The Labute approximate surface area is 111 Å². The molecule has 0 aliphatic carbocycles. The van der Waals surface area contributed by atoms with Crippen LogP contribution in [-0.2, 0) is 6.54 Å². The summed E-state index contributed by atoms with van der Waals surface area (Å²) in [6.45, 7) is 8.54. The monoisotopic (exact) mass is 247 g/mol. The Morgan fingerprint density at radius 1 is 1.22 bits per heavy atom. The van der Waals surface area contributed by atoms with Gasteiger partial charge in [0.25, 0.3) is 0 Å². The van der Waals surface area contributed by atoms with Crippen LogP contribution >= 0.6 is 0 Å². The Hall–Kier alpha value is -0.900. The smallest absolute Gasteiger partial charge is 0.0401 e. The van der Waals surface area contributed by atoms with E-state index < -0.39 is 0 Å². The summed E-state index contributed by atoms with van der Waals surface area (Å²) in [4.78, 5) is 4.90. The molecule has 3 nitrogen and oxygen atoms in total. The van der Waals surface area contributed by atoms with Crippen molar-refractivity contribution in [3.05, 3.63) is 35.9 Å². The molecule has 3 heteroatoms. The van der Waals surface area contributed by atoms with Crippen LogP contribution in [0.5, 0.6) is 0 Å². The number of hydrogen-bond acceptors (Lipinski definition) is 3. The van der Waals surface area contributed by atoms with Crippen LogP contribution in [0.15, 0.2) is 30.3 Å². The third kappa shape index (κ3) is 3.31. The highest BCUT2D eigenvalue weighted by molar-refractivity contribution is 5.15. The van der Waals surface area contributed by atoms with Crippen LogP contribution in [0.4, 0.5) is 0 Å². The molecule has 1 aliphatic rings. The molecule has 1 aromatic carbocycles. The van der Waals surface area contributed by atoms with Crippen LogP contribution in [0.2, 0.25) is 0 Å². The predicted octanol–water partition coefficient (Wildman–Crippen LogP) is 1.54. The second-order valence-corrected chi connectivity index (χ2v) is 6.06. The van der Waals surface area contributed by atoms with E-state index in [0.29, 0.717) is 6.04 Å². The zero-order chi connectivity index (χ0) is 13.2. The van der Waals surface area contributed by atoms with Gasteiger partial charge in [0.05, 0.1) is 0 Å². The Morgan fingerprint density at radius 2 is 1.89 bits per heavy atom. The molecule has 0 saturated carbocycles. The Balaban J connectivity index is 2.10. The van der Waals surface area contributed by atoms with Crippen LogP contribution < -0.4 is 5.73 Å². The summed E-state index contributed by atoms with van der Waals surface area (Å²) in [5.41, 5.74) is 7.56. The van der Waals surface area contributed by atoms with E-state index in [9.17, 15) is 0 Å². The molecule has 100 valence electrons. The number of piperazine rings is 1. The minimum absolute atomic E-state index is 0.163. The third-order valence-electron chi connectivity index (χ3n) is 3.78. The van der Waals surface area contributed by atoms with Crippen molar-refractivity contribution in [3.8, 4) is 0 Å². The first-order valence-electron chi connectivity index (χ1n) is 6.72. The molecule has 2 N–H and O–H groups in total. The van der Waals surface area contributed by atoms with Gasteiger partial charge in [0, 0.05) is 37.8 Å². The minimum Gasteiger partial charge on any atom is -0.324 e. The average molecular weight is 247 g/mol. The molecule has 18 heavy (non-hydrogen) atoms. The fourth-order valence-corrected chi connectivity index (χ4v) is 2.67. The van der Waals surface area contributed by atoms with E-state index in [2.05, 4.69) is 61.0 Å². The summed E-state index contributed by atoms with van der Waals surface area (Å²) in [7, 11) is 2.18. The van der Waals surface area contributed by atoms with Crippen molar-refractivity contribution < 1.29 is 0 Å². The lowest BCUT2D eigenvalue weighted by Gasteiger charge is -2.46. The predicted molar refractivity (Wildman–Crippen MR) is 76.4 cm³/mol. The molecule has 1 fully saturated rings. The van der Waals surface area contributed by atoms with E-state index in [1.165, 1.54) is 5.56 Å². The summed E-state index contributed by atoms with van der Waals surface area (Å²) in [5.74, 6) is 0. The maximum absolute atomic E-state index is 6.35. The van der Waals surface area contributed by atoms with Crippen LogP contribution in [0.25, 0.3) is 0 Å². The van der Waals surface area contributed by atoms with Gasteiger partial charge in [0.1, 0.15) is 0 Å². The van der Waals surface area contributed by atoms with Gasteiger partial charge in [-0.1, -0.05) is 30.3 Å². The Kier molecular flexibility index (Phi) is 4.05. The largest absolute Gasteiger partial charge is 0.324 e. The average Bonchev–Trinajstić information content (AvgIpc) is 2.31. The van der Waals surface area contributed by atoms with Gasteiger partial charge in [-0.2, -0.15) is 0 Å². The molecular formula is C15H25N3. The minimum atomic E-state index is -0.163. The number of nitrogens with two attached hydrogens (primary N) is 1. The Morgan fingerprint density at radius 3 is 2.50 bits per heavy atom. The van der Waals surface area contributed by atoms with Crippen LogP contribution in [-0.4, -0.2) is 48.1 Å². The SMILES string of the molecule is CN1CCN(Cc2ccccc2)C(C(C)(C)N)C1. The van der Waals surface area contributed by atoms with Crippen molar-refractivity contribution in [3.63, 3.8) is 0 Å². The van der Waals surface area contributed by atoms with E-state index in [1.54, 1.807) is 0 Å².